The summed E-state index contributed by atoms with van der Waals surface area (Å²) in [5.74, 6) is -3.79. The minimum Gasteiger partial charge on any atom is -0.339 e. The van der Waals surface area contributed by atoms with Gasteiger partial charge in [0.15, 0.2) is 21.3 Å². The van der Waals surface area contributed by atoms with Gasteiger partial charge in [-0.2, -0.15) is 4.98 Å². The molecule has 0 bridgehead atoms. The van der Waals surface area contributed by atoms with Crippen LogP contribution in [0.5, 0.6) is 0 Å². The summed E-state index contributed by atoms with van der Waals surface area (Å²) < 4.78 is 72.3. The molecule has 2 atom stereocenters. The summed E-state index contributed by atoms with van der Waals surface area (Å²) in [5, 5.41) is -0.0828. The number of aryl methyl sites for hydroxylation is 1. The molecule has 232 valence electrons. The molecule has 3 heterocycles. The van der Waals surface area contributed by atoms with Gasteiger partial charge in [-0.1, -0.05) is 24.8 Å². The number of anilines is 1. The molecular formula is C31H27F3N6O4S. The quantitative estimate of drug-likeness (QED) is 0.232. The van der Waals surface area contributed by atoms with Gasteiger partial charge in [0.1, 0.15) is 29.2 Å². The fourth-order valence-corrected chi connectivity index (χ4v) is 6.68. The lowest BCUT2D eigenvalue weighted by atomic mass is 10.0. The van der Waals surface area contributed by atoms with Crippen molar-refractivity contribution in [3.05, 3.63) is 100 Å². The van der Waals surface area contributed by atoms with Crippen molar-refractivity contribution in [2.75, 3.05) is 30.8 Å². The Labute approximate surface area is 256 Å². The summed E-state index contributed by atoms with van der Waals surface area (Å²) in [5.41, 5.74) is -2.63. The third-order valence-corrected chi connectivity index (χ3v) is 8.77. The highest BCUT2D eigenvalue weighted by Crippen LogP contribution is 2.35. The summed E-state index contributed by atoms with van der Waals surface area (Å²) in [4.78, 5) is 41.4. The highest BCUT2D eigenvalue weighted by atomic mass is 32.2. The van der Waals surface area contributed by atoms with E-state index >= 15 is 4.39 Å². The summed E-state index contributed by atoms with van der Waals surface area (Å²) in [6.07, 6.45) is 2.10. The number of carbonyl (C=O) groups is 1. The van der Waals surface area contributed by atoms with Crippen molar-refractivity contribution in [2.45, 2.75) is 30.8 Å². The zero-order valence-electron chi connectivity index (χ0n) is 24.5. The average Bonchev–Trinajstić information content (AvgIpc) is 2.97. The fourth-order valence-electron chi connectivity index (χ4n) is 5.75. The van der Waals surface area contributed by atoms with E-state index in [0.29, 0.717) is 5.56 Å². The van der Waals surface area contributed by atoms with Crippen molar-refractivity contribution < 1.29 is 26.4 Å². The van der Waals surface area contributed by atoms with Gasteiger partial charge in [-0.05, 0) is 49.8 Å². The van der Waals surface area contributed by atoms with Gasteiger partial charge in [0, 0.05) is 25.4 Å². The van der Waals surface area contributed by atoms with E-state index in [2.05, 4.69) is 21.4 Å². The van der Waals surface area contributed by atoms with E-state index in [4.69, 9.17) is 6.57 Å². The zero-order valence-corrected chi connectivity index (χ0v) is 25.3. The maximum Gasteiger partial charge on any atom is 0.355 e. The number of rotatable bonds is 6. The number of aromatic nitrogens is 3. The van der Waals surface area contributed by atoms with Gasteiger partial charge in [0.2, 0.25) is 12.5 Å². The number of pyridine rings is 1. The third-order valence-electron chi connectivity index (χ3n) is 7.64. The van der Waals surface area contributed by atoms with E-state index in [-0.39, 0.29) is 53.0 Å². The van der Waals surface area contributed by atoms with Gasteiger partial charge in [-0.25, -0.2) is 42.5 Å². The second-order valence-corrected chi connectivity index (χ2v) is 12.7. The number of sulfone groups is 1. The molecule has 0 radical (unpaired) electrons. The van der Waals surface area contributed by atoms with Gasteiger partial charge < -0.3 is 14.6 Å². The van der Waals surface area contributed by atoms with E-state index in [1.807, 2.05) is 0 Å². The minimum atomic E-state index is -3.94. The van der Waals surface area contributed by atoms with Crippen LogP contribution in [0.3, 0.4) is 0 Å². The van der Waals surface area contributed by atoms with E-state index in [0.717, 1.165) is 41.2 Å². The first-order valence-corrected chi connectivity index (χ1v) is 15.6. The molecule has 0 saturated carbocycles. The largest absolute Gasteiger partial charge is 0.355 e. The molecular weight excluding hydrogens is 609 g/mol. The standard InChI is InChI=1S/C31H27F3N6O4S/c1-6-25(41)38-15-18(3)39(19(16-38)14-35-4)30-20-13-23(34)27(26-21(32)10-8-11-22(26)33)36-29(20)40(31(42)37-30)28-17(2)9-7-12-24(28)45(5,43)44/h6-13,18-19H,1,14-16H2,2-3,5H3/t18-,19-/m0/s1. The summed E-state index contributed by atoms with van der Waals surface area (Å²) >= 11 is 0. The third kappa shape index (κ3) is 5.55. The minimum absolute atomic E-state index is 0.0638. The Morgan fingerprint density at radius 3 is 2.40 bits per heavy atom. The maximum atomic E-state index is 15.9. The molecule has 4 aromatic rings. The Balaban J connectivity index is 1.90. The Hall–Kier alpha value is -5.03. The average molecular weight is 637 g/mol. The lowest BCUT2D eigenvalue weighted by Crippen LogP contribution is -2.60. The highest BCUT2D eigenvalue weighted by Gasteiger charge is 2.38. The number of nitrogens with zero attached hydrogens (tertiary/aromatic N) is 6. The number of para-hydroxylation sites is 1. The van der Waals surface area contributed by atoms with Crippen LogP contribution in [0, 0.1) is 30.9 Å². The molecule has 1 saturated heterocycles. The molecule has 14 heteroatoms. The Kier molecular flexibility index (Phi) is 8.24. The molecule has 45 heavy (non-hydrogen) atoms. The number of amides is 1. The number of benzene rings is 2. The predicted octanol–water partition coefficient (Wildman–Crippen LogP) is 4.09. The number of fused-ring (bicyclic) bond motifs is 1. The molecule has 5 rings (SSSR count). The Bertz CT molecular complexity index is 2070. The number of carbonyl (C=O) groups excluding carboxylic acids is 1. The molecule has 0 unspecified atom stereocenters. The summed E-state index contributed by atoms with van der Waals surface area (Å²) in [6.45, 7) is 14.4. The van der Waals surface area contributed by atoms with Crippen LogP contribution in [0.2, 0.25) is 0 Å². The molecule has 1 aliphatic rings. The van der Waals surface area contributed by atoms with E-state index in [1.54, 1.807) is 24.8 Å². The monoisotopic (exact) mass is 636 g/mol. The van der Waals surface area contributed by atoms with Crippen LogP contribution < -0.4 is 10.6 Å². The van der Waals surface area contributed by atoms with Gasteiger partial charge in [-0.3, -0.25) is 4.79 Å². The Morgan fingerprint density at radius 2 is 1.78 bits per heavy atom. The van der Waals surface area contributed by atoms with Gasteiger partial charge >= 0.3 is 5.69 Å². The molecule has 10 nitrogen and oxygen atoms in total. The van der Waals surface area contributed by atoms with Crippen molar-refractivity contribution in [1.82, 2.24) is 19.4 Å². The van der Waals surface area contributed by atoms with Crippen molar-refractivity contribution in [3.8, 4) is 16.9 Å². The molecule has 0 spiro atoms. The predicted molar refractivity (Wildman–Crippen MR) is 162 cm³/mol. The Morgan fingerprint density at radius 1 is 1.11 bits per heavy atom. The van der Waals surface area contributed by atoms with Crippen LogP contribution in [-0.4, -0.2) is 71.7 Å². The normalized spacial score (nSPS) is 16.9. The first-order valence-electron chi connectivity index (χ1n) is 13.7. The number of hydrogen-bond acceptors (Lipinski definition) is 7. The molecule has 1 fully saturated rings. The topological polar surface area (TPSA) is 110 Å². The van der Waals surface area contributed by atoms with Crippen LogP contribution in [0.15, 0.2) is 64.8 Å². The van der Waals surface area contributed by atoms with Crippen LogP contribution >= 0.6 is 0 Å². The smallest absolute Gasteiger partial charge is 0.339 e. The van der Waals surface area contributed by atoms with Gasteiger partial charge in [0.25, 0.3) is 0 Å². The SMILES string of the molecule is [C-]#[N+]C[C@H]1CN(C(=O)C=C)C[C@H](C)N1c1nc(=O)n(-c2c(C)cccc2S(C)(=O)=O)c2nc(-c3c(F)cccc3F)c(F)cc12. The van der Waals surface area contributed by atoms with Crippen molar-refractivity contribution in [1.29, 1.82) is 0 Å². The number of halogens is 3. The van der Waals surface area contributed by atoms with Gasteiger partial charge in [-0.15, -0.1) is 0 Å². The second kappa shape index (κ2) is 11.8. The second-order valence-electron chi connectivity index (χ2n) is 10.7. The molecule has 1 amide bonds. The number of hydrogen-bond donors (Lipinski definition) is 0. The van der Waals surface area contributed by atoms with Crippen molar-refractivity contribution in [3.63, 3.8) is 0 Å². The van der Waals surface area contributed by atoms with Crippen LogP contribution in [-0.2, 0) is 14.6 Å². The lowest BCUT2D eigenvalue weighted by molar-refractivity contribution is -0.127. The first-order chi connectivity index (χ1) is 21.3. The molecule has 1 aliphatic heterocycles. The fraction of sp³-hybridized carbons (Fsp3) is 0.258. The van der Waals surface area contributed by atoms with Gasteiger partial charge in [0.05, 0.1) is 21.5 Å². The van der Waals surface area contributed by atoms with E-state index in [9.17, 15) is 26.8 Å². The highest BCUT2D eigenvalue weighted by molar-refractivity contribution is 7.90. The van der Waals surface area contributed by atoms with Crippen LogP contribution in [0.4, 0.5) is 19.0 Å². The maximum absolute atomic E-state index is 15.9. The molecule has 2 aromatic carbocycles. The molecule has 0 N–H and O–H groups in total. The lowest BCUT2D eigenvalue weighted by Gasteiger charge is -2.44. The summed E-state index contributed by atoms with van der Waals surface area (Å²) in [7, 11) is -3.94. The first kappa shape index (κ1) is 31.4. The zero-order chi connectivity index (χ0) is 32.8. The van der Waals surface area contributed by atoms with E-state index in [1.165, 1.54) is 17.0 Å². The van der Waals surface area contributed by atoms with Crippen molar-refractivity contribution in [2.24, 2.45) is 0 Å². The molecule has 0 aliphatic carbocycles. The van der Waals surface area contributed by atoms with E-state index < -0.39 is 56.3 Å². The molecule has 2 aromatic heterocycles. The van der Waals surface area contributed by atoms with Crippen LogP contribution in [0.25, 0.3) is 32.8 Å². The van der Waals surface area contributed by atoms with Crippen molar-refractivity contribution >= 4 is 32.6 Å². The van der Waals surface area contributed by atoms with Crippen LogP contribution in [0.1, 0.15) is 12.5 Å². The number of piperazine rings is 1. The summed E-state index contributed by atoms with van der Waals surface area (Å²) in [6, 6.07) is 6.98.